The fourth-order valence-corrected chi connectivity index (χ4v) is 5.06. The molecule has 2 amide bonds. The number of nitrogens with zero attached hydrogens (tertiary/aromatic N) is 1. The van der Waals surface area contributed by atoms with Gasteiger partial charge in [-0.15, -0.1) is 0 Å². The van der Waals surface area contributed by atoms with E-state index in [0.29, 0.717) is 24.3 Å². The maximum Gasteiger partial charge on any atom is 0.265 e. The number of fused-ring (bicyclic) bond motifs is 1. The van der Waals surface area contributed by atoms with Crippen LogP contribution in [0.2, 0.25) is 0 Å². The Morgan fingerprint density at radius 2 is 1.66 bits per heavy atom. The minimum Gasteiger partial charge on any atom is -0.481 e. The average Bonchev–Trinajstić information content (AvgIpc) is 2.95. The summed E-state index contributed by atoms with van der Waals surface area (Å²) in [7, 11) is 0. The molecular weight excluding hydrogens is 472 g/mol. The number of hydrogen-bond donors (Lipinski definition) is 1. The van der Waals surface area contributed by atoms with Crippen molar-refractivity contribution in [2.75, 3.05) is 11.9 Å². The summed E-state index contributed by atoms with van der Waals surface area (Å²) in [6.07, 6.45) is 0.632. The highest BCUT2D eigenvalue weighted by Crippen LogP contribution is 2.38. The Labute approximate surface area is 224 Å². The van der Waals surface area contributed by atoms with Gasteiger partial charge in [-0.25, -0.2) is 0 Å². The Bertz CT molecular complexity index is 1420. The number of rotatable bonds is 7. The quantitative estimate of drug-likeness (QED) is 0.309. The van der Waals surface area contributed by atoms with Gasteiger partial charge in [-0.05, 0) is 78.4 Å². The molecule has 2 atom stereocenters. The molecule has 5 heteroatoms. The third kappa shape index (κ3) is 5.47. The van der Waals surface area contributed by atoms with Gasteiger partial charge in [0.2, 0.25) is 0 Å². The van der Waals surface area contributed by atoms with E-state index in [4.69, 9.17) is 4.74 Å². The van der Waals surface area contributed by atoms with Crippen molar-refractivity contribution in [3.8, 4) is 5.75 Å². The first-order chi connectivity index (χ1) is 18.5. The van der Waals surface area contributed by atoms with Gasteiger partial charge in [-0.1, -0.05) is 73.7 Å². The van der Waals surface area contributed by atoms with Crippen LogP contribution in [0.5, 0.6) is 5.75 Å². The molecule has 0 fully saturated rings. The van der Waals surface area contributed by atoms with E-state index in [2.05, 4.69) is 23.5 Å². The van der Waals surface area contributed by atoms with Crippen LogP contribution in [0.1, 0.15) is 52.0 Å². The van der Waals surface area contributed by atoms with E-state index in [9.17, 15) is 9.59 Å². The number of aryl methyl sites for hydroxylation is 1. The van der Waals surface area contributed by atoms with Gasteiger partial charge in [-0.3, -0.25) is 9.59 Å². The molecule has 1 heterocycles. The largest absolute Gasteiger partial charge is 0.481 e. The first kappa shape index (κ1) is 25.3. The molecule has 1 N–H and O–H groups in total. The molecule has 4 aromatic rings. The van der Waals surface area contributed by atoms with Gasteiger partial charge < -0.3 is 15.0 Å². The molecule has 1 aliphatic heterocycles. The molecule has 5 nitrogen and oxygen atoms in total. The summed E-state index contributed by atoms with van der Waals surface area (Å²) in [5.74, 6) is 0.432. The van der Waals surface area contributed by atoms with Gasteiger partial charge in [-0.2, -0.15) is 0 Å². The molecule has 0 radical (unpaired) electrons. The predicted octanol–water partition coefficient (Wildman–Crippen LogP) is 6.58. The number of carbonyl (C=O) groups excluding carboxylic acids is 2. The molecule has 192 valence electrons. The predicted molar refractivity (Wildman–Crippen MR) is 150 cm³/mol. The first-order valence-corrected chi connectivity index (χ1v) is 13.1. The van der Waals surface area contributed by atoms with E-state index in [-0.39, 0.29) is 17.9 Å². The number of carbonyl (C=O) groups is 2. The zero-order chi connectivity index (χ0) is 26.5. The monoisotopic (exact) mass is 504 g/mol. The molecule has 0 saturated carbocycles. The second-order valence-corrected chi connectivity index (χ2v) is 9.66. The highest BCUT2D eigenvalue weighted by Gasteiger charge is 2.33. The van der Waals surface area contributed by atoms with Crippen LogP contribution in [0.3, 0.4) is 0 Å². The van der Waals surface area contributed by atoms with Crippen molar-refractivity contribution in [3.63, 3.8) is 0 Å². The van der Waals surface area contributed by atoms with Crippen LogP contribution in [-0.4, -0.2) is 29.4 Å². The molecular formula is C33H32N2O3. The van der Waals surface area contributed by atoms with E-state index >= 15 is 0 Å². The maximum atomic E-state index is 13.6. The lowest BCUT2D eigenvalue weighted by molar-refractivity contribution is -0.122. The molecule has 0 spiro atoms. The number of ether oxygens (including phenoxy) is 1. The normalized spacial score (nSPS) is 15.3. The second-order valence-electron chi connectivity index (χ2n) is 9.66. The van der Waals surface area contributed by atoms with Crippen molar-refractivity contribution in [2.45, 2.75) is 38.8 Å². The van der Waals surface area contributed by atoms with Gasteiger partial charge in [0, 0.05) is 17.8 Å². The van der Waals surface area contributed by atoms with Crippen LogP contribution in [0.25, 0.3) is 0 Å². The minimum absolute atomic E-state index is 0.000363. The second kappa shape index (κ2) is 11.3. The van der Waals surface area contributed by atoms with E-state index < -0.39 is 6.10 Å². The van der Waals surface area contributed by atoms with Gasteiger partial charge in [0.1, 0.15) is 5.75 Å². The summed E-state index contributed by atoms with van der Waals surface area (Å²) >= 11 is 0. The molecule has 1 aliphatic rings. The molecule has 4 aromatic carbocycles. The van der Waals surface area contributed by atoms with Crippen LogP contribution in [-0.2, 0) is 11.2 Å². The Morgan fingerprint density at radius 3 is 2.37 bits per heavy atom. The van der Waals surface area contributed by atoms with E-state index in [1.807, 2.05) is 104 Å². The minimum atomic E-state index is -0.644. The van der Waals surface area contributed by atoms with Crippen molar-refractivity contribution in [1.29, 1.82) is 0 Å². The zero-order valence-corrected chi connectivity index (χ0v) is 21.8. The smallest absolute Gasteiger partial charge is 0.265 e. The van der Waals surface area contributed by atoms with Gasteiger partial charge in [0.25, 0.3) is 11.8 Å². The molecule has 38 heavy (non-hydrogen) atoms. The Balaban J connectivity index is 1.44. The summed E-state index contributed by atoms with van der Waals surface area (Å²) < 4.78 is 6.24. The van der Waals surface area contributed by atoms with E-state index in [1.54, 1.807) is 0 Å². The number of nitrogens with one attached hydrogen (secondary N) is 1. The lowest BCUT2D eigenvalue weighted by Crippen LogP contribution is -2.40. The third-order valence-corrected chi connectivity index (χ3v) is 6.97. The van der Waals surface area contributed by atoms with Crippen molar-refractivity contribution in [3.05, 3.63) is 131 Å². The number of hydrogen-bond acceptors (Lipinski definition) is 3. The Hall–Kier alpha value is -4.38. The van der Waals surface area contributed by atoms with Crippen LogP contribution < -0.4 is 10.1 Å². The first-order valence-electron chi connectivity index (χ1n) is 13.1. The standard InChI is InChI=1S/C33H32N2O3/c1-3-30(32(36)34-27-16-10-11-23(2)21-27)38-28-18-17-24-19-20-35(33(37)26-14-8-5-9-15-26)31(29(24)22-28)25-12-6-4-7-13-25/h4-18,21-22,30-31H,3,19-20H2,1-2H3,(H,34,36). The lowest BCUT2D eigenvalue weighted by Gasteiger charge is -2.38. The van der Waals surface area contributed by atoms with Crippen molar-refractivity contribution >= 4 is 17.5 Å². The van der Waals surface area contributed by atoms with Gasteiger partial charge in [0.05, 0.1) is 6.04 Å². The fraction of sp³-hybridized carbons (Fsp3) is 0.212. The Kier molecular flexibility index (Phi) is 7.55. The average molecular weight is 505 g/mol. The SMILES string of the molecule is CCC(Oc1ccc2c(c1)C(c1ccccc1)N(C(=O)c1ccccc1)CC2)C(=O)Nc1cccc(C)c1. The van der Waals surface area contributed by atoms with Crippen molar-refractivity contribution in [2.24, 2.45) is 0 Å². The van der Waals surface area contributed by atoms with Gasteiger partial charge >= 0.3 is 0 Å². The molecule has 5 rings (SSSR count). The van der Waals surface area contributed by atoms with Crippen LogP contribution >= 0.6 is 0 Å². The topological polar surface area (TPSA) is 58.6 Å². The highest BCUT2D eigenvalue weighted by molar-refractivity contribution is 5.95. The molecule has 0 aromatic heterocycles. The van der Waals surface area contributed by atoms with Crippen LogP contribution in [0, 0.1) is 6.92 Å². The highest BCUT2D eigenvalue weighted by atomic mass is 16.5. The number of anilines is 1. The summed E-state index contributed by atoms with van der Waals surface area (Å²) in [5.41, 5.74) is 5.75. The summed E-state index contributed by atoms with van der Waals surface area (Å²) in [6, 6.07) is 33.0. The van der Waals surface area contributed by atoms with Crippen molar-refractivity contribution < 1.29 is 14.3 Å². The fourth-order valence-electron chi connectivity index (χ4n) is 5.06. The summed E-state index contributed by atoms with van der Waals surface area (Å²) in [5, 5.41) is 2.97. The molecule has 0 aliphatic carbocycles. The zero-order valence-electron chi connectivity index (χ0n) is 21.8. The molecule has 0 saturated heterocycles. The van der Waals surface area contributed by atoms with Gasteiger partial charge in [0.15, 0.2) is 6.10 Å². The van der Waals surface area contributed by atoms with E-state index in [1.165, 1.54) is 5.56 Å². The lowest BCUT2D eigenvalue weighted by atomic mass is 9.87. The number of benzene rings is 4. The molecule has 0 bridgehead atoms. The van der Waals surface area contributed by atoms with Crippen LogP contribution in [0.4, 0.5) is 5.69 Å². The van der Waals surface area contributed by atoms with Crippen LogP contribution in [0.15, 0.2) is 103 Å². The summed E-state index contributed by atoms with van der Waals surface area (Å²) in [6.45, 7) is 4.55. The summed E-state index contributed by atoms with van der Waals surface area (Å²) in [4.78, 5) is 28.6. The van der Waals surface area contributed by atoms with E-state index in [0.717, 1.165) is 28.8 Å². The maximum absolute atomic E-state index is 13.6. The molecule has 2 unspecified atom stereocenters. The third-order valence-electron chi connectivity index (χ3n) is 6.97. The van der Waals surface area contributed by atoms with Crippen molar-refractivity contribution in [1.82, 2.24) is 4.90 Å². The Morgan fingerprint density at radius 1 is 0.921 bits per heavy atom. The number of amides is 2.